The Balaban J connectivity index is 2.51. The number of nitrogens with one attached hydrogen (secondary N) is 1. The van der Waals surface area contributed by atoms with Gasteiger partial charge in [0.25, 0.3) is 0 Å². The Kier molecular flexibility index (Phi) is 5.85. The lowest BCUT2D eigenvalue weighted by atomic mass is 10.2. The number of aromatic nitrogens is 2. The molecule has 0 saturated heterocycles. The number of halogens is 1. The molecule has 0 amide bonds. The van der Waals surface area contributed by atoms with Gasteiger partial charge in [0.1, 0.15) is 0 Å². The molecule has 0 spiro atoms. The maximum atomic E-state index is 5.73. The van der Waals surface area contributed by atoms with Crippen LogP contribution >= 0.6 is 11.6 Å². The normalized spacial score (nSPS) is 13.3. The average molecular weight is 244 g/mol. The standard InChI is InChI=1S/C12H22ClN3/c1-4-12(5-2)16-7-6-11(15-16)9-14-10(3)8-13/h6-7,10,12,14H,4-5,8-9H2,1-3H3. The molecule has 1 atom stereocenters. The fourth-order valence-corrected chi connectivity index (χ4v) is 1.78. The number of hydrogen-bond donors (Lipinski definition) is 1. The van der Waals surface area contributed by atoms with Crippen LogP contribution in [0, 0.1) is 0 Å². The van der Waals surface area contributed by atoms with Gasteiger partial charge >= 0.3 is 0 Å². The molecule has 1 N–H and O–H groups in total. The molecule has 0 aliphatic rings. The molecule has 92 valence electrons. The van der Waals surface area contributed by atoms with E-state index in [0.29, 0.717) is 18.0 Å². The van der Waals surface area contributed by atoms with Gasteiger partial charge in [-0.2, -0.15) is 5.10 Å². The number of rotatable bonds is 7. The zero-order valence-corrected chi connectivity index (χ0v) is 11.2. The van der Waals surface area contributed by atoms with Crippen molar-refractivity contribution in [2.45, 2.75) is 52.2 Å². The summed E-state index contributed by atoms with van der Waals surface area (Å²) in [6, 6.07) is 2.94. The quantitative estimate of drug-likeness (QED) is 0.747. The first-order chi connectivity index (χ1) is 7.71. The van der Waals surface area contributed by atoms with Gasteiger partial charge in [-0.15, -0.1) is 11.6 Å². The molecule has 1 heterocycles. The monoisotopic (exact) mass is 243 g/mol. The van der Waals surface area contributed by atoms with Crippen molar-refractivity contribution in [3.63, 3.8) is 0 Å². The molecule has 16 heavy (non-hydrogen) atoms. The van der Waals surface area contributed by atoms with Crippen LogP contribution in [0.4, 0.5) is 0 Å². The fraction of sp³-hybridized carbons (Fsp3) is 0.750. The molecule has 1 rings (SSSR count). The van der Waals surface area contributed by atoms with Crippen LogP contribution in [0.5, 0.6) is 0 Å². The van der Waals surface area contributed by atoms with Crippen molar-refractivity contribution >= 4 is 11.6 Å². The minimum Gasteiger partial charge on any atom is -0.307 e. The van der Waals surface area contributed by atoms with Crippen LogP contribution in [0.3, 0.4) is 0 Å². The van der Waals surface area contributed by atoms with Gasteiger partial charge in [0, 0.05) is 24.7 Å². The largest absolute Gasteiger partial charge is 0.307 e. The molecule has 1 aromatic heterocycles. The topological polar surface area (TPSA) is 29.9 Å². The van der Waals surface area contributed by atoms with Crippen LogP contribution in [-0.4, -0.2) is 21.7 Å². The van der Waals surface area contributed by atoms with Crippen LogP contribution in [0.15, 0.2) is 12.3 Å². The van der Waals surface area contributed by atoms with Gasteiger partial charge in [-0.05, 0) is 25.8 Å². The van der Waals surface area contributed by atoms with Crippen molar-refractivity contribution in [2.75, 3.05) is 5.88 Å². The third-order valence-corrected chi connectivity index (χ3v) is 3.31. The Bertz CT molecular complexity index is 294. The third kappa shape index (κ3) is 3.80. The van der Waals surface area contributed by atoms with E-state index in [1.807, 2.05) is 0 Å². The van der Waals surface area contributed by atoms with E-state index in [2.05, 4.69) is 48.1 Å². The average Bonchev–Trinajstić information content (AvgIpc) is 2.76. The molecule has 0 radical (unpaired) electrons. The number of hydrogen-bond acceptors (Lipinski definition) is 2. The highest BCUT2D eigenvalue weighted by atomic mass is 35.5. The van der Waals surface area contributed by atoms with Gasteiger partial charge in [-0.1, -0.05) is 13.8 Å². The lowest BCUT2D eigenvalue weighted by Gasteiger charge is -2.12. The van der Waals surface area contributed by atoms with Crippen molar-refractivity contribution < 1.29 is 0 Å². The first kappa shape index (κ1) is 13.5. The predicted octanol–water partition coefficient (Wildman–Crippen LogP) is 2.96. The molecule has 1 unspecified atom stereocenters. The molecule has 0 saturated carbocycles. The summed E-state index contributed by atoms with van der Waals surface area (Å²) in [5.74, 6) is 0.632. The van der Waals surface area contributed by atoms with Crippen molar-refractivity contribution in [1.82, 2.24) is 15.1 Å². The van der Waals surface area contributed by atoms with E-state index in [-0.39, 0.29) is 0 Å². The summed E-state index contributed by atoms with van der Waals surface area (Å²) in [6.07, 6.45) is 4.33. The second kappa shape index (κ2) is 6.92. The summed E-state index contributed by atoms with van der Waals surface area (Å²) >= 11 is 5.73. The maximum absolute atomic E-state index is 5.73. The summed E-state index contributed by atoms with van der Waals surface area (Å²) in [5.41, 5.74) is 1.09. The fourth-order valence-electron chi connectivity index (χ4n) is 1.67. The predicted molar refractivity (Wildman–Crippen MR) is 68.9 cm³/mol. The zero-order chi connectivity index (χ0) is 12.0. The van der Waals surface area contributed by atoms with Crippen LogP contribution < -0.4 is 5.32 Å². The van der Waals surface area contributed by atoms with E-state index in [4.69, 9.17) is 11.6 Å². The van der Waals surface area contributed by atoms with Gasteiger partial charge in [-0.3, -0.25) is 4.68 Å². The molecule has 1 aromatic rings. The lowest BCUT2D eigenvalue weighted by molar-refractivity contribution is 0.423. The maximum Gasteiger partial charge on any atom is 0.0762 e. The van der Waals surface area contributed by atoms with E-state index < -0.39 is 0 Å². The van der Waals surface area contributed by atoms with Gasteiger partial charge in [0.2, 0.25) is 0 Å². The molecule has 0 aliphatic heterocycles. The Labute approximate surface area is 103 Å². The van der Waals surface area contributed by atoms with E-state index in [1.54, 1.807) is 0 Å². The van der Waals surface area contributed by atoms with E-state index >= 15 is 0 Å². The van der Waals surface area contributed by atoms with Gasteiger partial charge in [0.15, 0.2) is 0 Å². The SMILES string of the molecule is CCC(CC)n1ccc(CNC(C)CCl)n1. The van der Waals surface area contributed by atoms with Gasteiger partial charge in [-0.25, -0.2) is 0 Å². The molecule has 4 heteroatoms. The van der Waals surface area contributed by atoms with Crippen molar-refractivity contribution in [3.8, 4) is 0 Å². The van der Waals surface area contributed by atoms with Crippen LogP contribution in [0.1, 0.15) is 45.3 Å². The van der Waals surface area contributed by atoms with Crippen LogP contribution in [0.25, 0.3) is 0 Å². The minimum absolute atomic E-state index is 0.333. The highest BCUT2D eigenvalue weighted by molar-refractivity contribution is 6.18. The Morgan fingerprint density at radius 3 is 2.69 bits per heavy atom. The zero-order valence-electron chi connectivity index (χ0n) is 10.4. The Morgan fingerprint density at radius 1 is 1.44 bits per heavy atom. The highest BCUT2D eigenvalue weighted by Crippen LogP contribution is 2.14. The van der Waals surface area contributed by atoms with Gasteiger partial charge < -0.3 is 5.32 Å². The third-order valence-electron chi connectivity index (χ3n) is 2.84. The smallest absolute Gasteiger partial charge is 0.0762 e. The summed E-state index contributed by atoms with van der Waals surface area (Å²) in [4.78, 5) is 0. The van der Waals surface area contributed by atoms with Crippen LogP contribution in [-0.2, 0) is 6.54 Å². The van der Waals surface area contributed by atoms with E-state index in [9.17, 15) is 0 Å². The molecular formula is C12H22ClN3. The van der Waals surface area contributed by atoms with Crippen molar-refractivity contribution in [3.05, 3.63) is 18.0 Å². The van der Waals surface area contributed by atoms with Gasteiger partial charge in [0.05, 0.1) is 11.7 Å². The molecule has 0 bridgehead atoms. The molecule has 3 nitrogen and oxygen atoms in total. The number of alkyl halides is 1. The Morgan fingerprint density at radius 2 is 2.12 bits per heavy atom. The number of nitrogens with zero attached hydrogens (tertiary/aromatic N) is 2. The minimum atomic E-state index is 0.333. The van der Waals surface area contributed by atoms with E-state index in [1.165, 1.54) is 0 Å². The summed E-state index contributed by atoms with van der Waals surface area (Å²) in [5, 5.41) is 7.90. The highest BCUT2D eigenvalue weighted by Gasteiger charge is 2.08. The molecule has 0 aliphatic carbocycles. The molecular weight excluding hydrogens is 222 g/mol. The summed E-state index contributed by atoms with van der Waals surface area (Å²) in [7, 11) is 0. The van der Waals surface area contributed by atoms with Crippen molar-refractivity contribution in [1.29, 1.82) is 0 Å². The second-order valence-corrected chi connectivity index (χ2v) is 4.50. The first-order valence-electron chi connectivity index (χ1n) is 6.04. The Hall–Kier alpha value is -0.540. The molecule has 0 aromatic carbocycles. The summed E-state index contributed by atoms with van der Waals surface area (Å²) < 4.78 is 2.07. The second-order valence-electron chi connectivity index (χ2n) is 4.19. The summed E-state index contributed by atoms with van der Waals surface area (Å²) in [6.45, 7) is 7.26. The molecule has 0 fully saturated rings. The lowest BCUT2D eigenvalue weighted by Crippen LogP contribution is -2.27. The van der Waals surface area contributed by atoms with Crippen LogP contribution in [0.2, 0.25) is 0 Å². The van der Waals surface area contributed by atoms with Crippen molar-refractivity contribution in [2.24, 2.45) is 0 Å². The van der Waals surface area contributed by atoms with E-state index in [0.717, 1.165) is 25.1 Å². The first-order valence-corrected chi connectivity index (χ1v) is 6.58.